The van der Waals surface area contributed by atoms with Crippen LogP contribution in [0.3, 0.4) is 0 Å². The number of phenolic OH excluding ortho intramolecular Hbond substituents is 1. The SMILES string of the molecule is CCc1cc(O)ccc1-c1ccc2c(-c3ncc(C4=CCCN(CCS(C)(=O)=O)C4)[nH]3)[nH]nc2c1F. The minimum absolute atomic E-state index is 0.131. The monoisotopic (exact) mass is 509 g/mol. The second-order valence-corrected chi connectivity index (χ2v) is 11.4. The maximum atomic E-state index is 15.6. The quantitative estimate of drug-likeness (QED) is 0.345. The molecule has 36 heavy (non-hydrogen) atoms. The molecule has 10 heteroatoms. The van der Waals surface area contributed by atoms with E-state index in [0.29, 0.717) is 42.0 Å². The summed E-state index contributed by atoms with van der Waals surface area (Å²) in [7, 11) is -3.02. The molecule has 0 aliphatic carbocycles. The first-order valence-corrected chi connectivity index (χ1v) is 13.9. The number of phenols is 1. The van der Waals surface area contributed by atoms with Crippen LogP contribution in [0.5, 0.6) is 5.75 Å². The van der Waals surface area contributed by atoms with Gasteiger partial charge in [0.25, 0.3) is 0 Å². The van der Waals surface area contributed by atoms with Crippen molar-refractivity contribution < 1.29 is 17.9 Å². The van der Waals surface area contributed by atoms with E-state index in [1.165, 1.54) is 6.26 Å². The van der Waals surface area contributed by atoms with Gasteiger partial charge in [0.2, 0.25) is 0 Å². The van der Waals surface area contributed by atoms with Gasteiger partial charge >= 0.3 is 0 Å². The van der Waals surface area contributed by atoms with Gasteiger partial charge < -0.3 is 10.1 Å². The summed E-state index contributed by atoms with van der Waals surface area (Å²) in [6.07, 6.45) is 6.61. The zero-order valence-electron chi connectivity index (χ0n) is 20.2. The molecule has 0 atom stereocenters. The number of benzene rings is 2. The van der Waals surface area contributed by atoms with Crippen molar-refractivity contribution in [3.05, 3.63) is 59.7 Å². The third-order valence-corrected chi connectivity index (χ3v) is 7.52. The van der Waals surface area contributed by atoms with E-state index < -0.39 is 15.7 Å². The Bertz CT molecular complexity index is 1570. The lowest BCUT2D eigenvalue weighted by Gasteiger charge is -2.26. The van der Waals surface area contributed by atoms with Gasteiger partial charge in [-0.15, -0.1) is 0 Å². The van der Waals surface area contributed by atoms with E-state index in [4.69, 9.17) is 0 Å². The number of nitrogens with zero attached hydrogens (tertiary/aromatic N) is 3. The topological polar surface area (TPSA) is 115 Å². The zero-order valence-corrected chi connectivity index (χ0v) is 21.0. The Morgan fingerprint density at radius 3 is 2.78 bits per heavy atom. The molecule has 8 nitrogen and oxygen atoms in total. The van der Waals surface area contributed by atoms with Gasteiger partial charge in [-0.2, -0.15) is 5.10 Å². The van der Waals surface area contributed by atoms with Gasteiger partial charge in [-0.25, -0.2) is 17.8 Å². The number of halogens is 1. The Balaban J connectivity index is 1.42. The standard InChI is InChI=1S/C26H28FN5O3S/c1-3-16-13-18(33)6-7-19(16)20-8-9-21-24(23(20)27)30-31-25(21)26-28-14-22(29-26)17-5-4-10-32(15-17)11-12-36(2,34)35/h5-9,13-14,33H,3-4,10-12,15H2,1-2H3,(H,28,29)(H,30,31). The van der Waals surface area contributed by atoms with E-state index in [1.54, 1.807) is 30.5 Å². The van der Waals surface area contributed by atoms with E-state index >= 15 is 4.39 Å². The summed E-state index contributed by atoms with van der Waals surface area (Å²) in [6, 6.07) is 8.49. The first-order chi connectivity index (χ1) is 17.2. The fraction of sp³-hybridized carbons (Fsp3) is 0.308. The molecule has 4 aromatic rings. The summed E-state index contributed by atoms with van der Waals surface area (Å²) < 4.78 is 38.6. The third kappa shape index (κ3) is 4.78. The molecule has 1 aliphatic rings. The average molecular weight is 510 g/mol. The summed E-state index contributed by atoms with van der Waals surface area (Å²) in [5.41, 5.74) is 4.71. The highest BCUT2D eigenvalue weighted by Crippen LogP contribution is 2.35. The van der Waals surface area contributed by atoms with Crippen molar-refractivity contribution in [1.29, 1.82) is 0 Å². The molecule has 0 amide bonds. The van der Waals surface area contributed by atoms with Crippen LogP contribution in [-0.2, 0) is 16.3 Å². The molecule has 0 bridgehead atoms. The summed E-state index contributed by atoms with van der Waals surface area (Å²) in [4.78, 5) is 9.94. The molecule has 0 saturated heterocycles. The number of aromatic hydroxyl groups is 1. The van der Waals surface area contributed by atoms with Gasteiger partial charge in [0.15, 0.2) is 11.6 Å². The van der Waals surface area contributed by atoms with E-state index in [1.807, 2.05) is 13.0 Å². The van der Waals surface area contributed by atoms with Crippen molar-refractivity contribution >= 4 is 26.3 Å². The highest BCUT2D eigenvalue weighted by molar-refractivity contribution is 7.90. The highest BCUT2D eigenvalue weighted by atomic mass is 32.2. The van der Waals surface area contributed by atoms with Gasteiger partial charge in [-0.05, 0) is 47.7 Å². The normalized spacial score (nSPS) is 14.9. The lowest BCUT2D eigenvalue weighted by atomic mass is 9.96. The molecular formula is C26H28FN5O3S. The Labute approximate surface area is 208 Å². The van der Waals surface area contributed by atoms with Crippen molar-refractivity contribution in [3.63, 3.8) is 0 Å². The van der Waals surface area contributed by atoms with Crippen molar-refractivity contribution in [2.75, 3.05) is 31.6 Å². The van der Waals surface area contributed by atoms with Crippen LogP contribution in [0.4, 0.5) is 4.39 Å². The van der Waals surface area contributed by atoms with E-state index in [-0.39, 0.29) is 17.0 Å². The van der Waals surface area contributed by atoms with Crippen molar-refractivity contribution in [2.45, 2.75) is 19.8 Å². The minimum atomic E-state index is -3.02. The maximum Gasteiger partial charge on any atom is 0.159 e. The smallest absolute Gasteiger partial charge is 0.159 e. The number of nitrogens with one attached hydrogen (secondary N) is 2. The van der Waals surface area contributed by atoms with E-state index in [2.05, 4.69) is 31.1 Å². The van der Waals surface area contributed by atoms with Crippen LogP contribution in [0.25, 0.3) is 39.1 Å². The third-order valence-electron chi connectivity index (χ3n) is 6.59. The molecule has 2 aromatic carbocycles. The predicted molar refractivity (Wildman–Crippen MR) is 139 cm³/mol. The fourth-order valence-electron chi connectivity index (χ4n) is 4.67. The minimum Gasteiger partial charge on any atom is -0.508 e. The first-order valence-electron chi connectivity index (χ1n) is 11.9. The molecule has 0 saturated carbocycles. The molecule has 2 aromatic heterocycles. The second-order valence-electron chi connectivity index (χ2n) is 9.19. The van der Waals surface area contributed by atoms with Crippen LogP contribution < -0.4 is 0 Å². The Kier molecular flexibility index (Phi) is 6.40. The number of fused-ring (bicyclic) bond motifs is 1. The molecule has 0 fully saturated rings. The number of rotatable bonds is 7. The largest absolute Gasteiger partial charge is 0.508 e. The Morgan fingerprint density at radius 2 is 2.00 bits per heavy atom. The average Bonchev–Trinajstić information content (AvgIpc) is 3.51. The van der Waals surface area contributed by atoms with Crippen LogP contribution >= 0.6 is 0 Å². The number of sulfone groups is 1. The van der Waals surface area contributed by atoms with Crippen LogP contribution in [0, 0.1) is 5.82 Å². The molecule has 3 heterocycles. The van der Waals surface area contributed by atoms with Crippen LogP contribution in [0.1, 0.15) is 24.6 Å². The molecule has 0 unspecified atom stereocenters. The number of hydrogen-bond donors (Lipinski definition) is 3. The summed E-state index contributed by atoms with van der Waals surface area (Å²) in [6.45, 7) is 3.89. The van der Waals surface area contributed by atoms with Gasteiger partial charge in [0, 0.05) is 36.8 Å². The fourth-order valence-corrected chi connectivity index (χ4v) is 5.26. The summed E-state index contributed by atoms with van der Waals surface area (Å²) in [5.74, 6) is 0.400. The van der Waals surface area contributed by atoms with E-state index in [9.17, 15) is 13.5 Å². The number of aryl methyl sites for hydroxylation is 1. The van der Waals surface area contributed by atoms with Crippen LogP contribution in [0.15, 0.2) is 42.6 Å². The number of aromatic nitrogens is 4. The highest BCUT2D eigenvalue weighted by Gasteiger charge is 2.21. The number of imidazole rings is 1. The molecule has 0 spiro atoms. The Hall–Kier alpha value is -3.50. The van der Waals surface area contributed by atoms with Crippen LogP contribution in [-0.4, -0.2) is 70.2 Å². The lowest BCUT2D eigenvalue weighted by Crippen LogP contribution is -2.33. The molecule has 5 rings (SSSR count). The van der Waals surface area contributed by atoms with Gasteiger partial charge in [-0.1, -0.05) is 25.1 Å². The van der Waals surface area contributed by atoms with Gasteiger partial charge in [0.05, 0.1) is 17.6 Å². The van der Waals surface area contributed by atoms with Crippen molar-refractivity contribution in [2.24, 2.45) is 0 Å². The number of aromatic amines is 2. The molecule has 1 aliphatic heterocycles. The predicted octanol–water partition coefficient (Wildman–Crippen LogP) is 4.16. The second kappa shape index (κ2) is 9.51. The molecule has 0 radical (unpaired) electrons. The zero-order chi connectivity index (χ0) is 25.4. The van der Waals surface area contributed by atoms with Crippen molar-refractivity contribution in [1.82, 2.24) is 25.1 Å². The molecular weight excluding hydrogens is 481 g/mol. The van der Waals surface area contributed by atoms with Gasteiger partial charge in [0.1, 0.15) is 26.8 Å². The Morgan fingerprint density at radius 1 is 1.19 bits per heavy atom. The van der Waals surface area contributed by atoms with Gasteiger partial charge in [-0.3, -0.25) is 10.00 Å². The molecule has 188 valence electrons. The van der Waals surface area contributed by atoms with Crippen molar-refractivity contribution in [3.8, 4) is 28.4 Å². The maximum absolute atomic E-state index is 15.6. The van der Waals surface area contributed by atoms with E-state index in [0.717, 1.165) is 35.4 Å². The first kappa shape index (κ1) is 24.2. The van der Waals surface area contributed by atoms with Crippen LogP contribution in [0.2, 0.25) is 0 Å². The number of H-pyrrole nitrogens is 2. The summed E-state index contributed by atoms with van der Waals surface area (Å²) in [5, 5.41) is 17.6. The molecule has 3 N–H and O–H groups in total. The summed E-state index contributed by atoms with van der Waals surface area (Å²) >= 11 is 0. The lowest BCUT2D eigenvalue weighted by molar-refractivity contribution is 0.322. The number of hydrogen-bond acceptors (Lipinski definition) is 6.